The minimum Gasteiger partial charge on any atom is -0.387 e. The van der Waals surface area contributed by atoms with E-state index >= 15 is 0 Å². The molecule has 6 heteroatoms. The summed E-state index contributed by atoms with van der Waals surface area (Å²) < 4.78 is 29.1. The zero-order chi connectivity index (χ0) is 15.3. The van der Waals surface area contributed by atoms with E-state index in [4.69, 9.17) is 23.7 Å². The van der Waals surface area contributed by atoms with E-state index in [0.717, 1.165) is 5.56 Å². The highest BCUT2D eigenvalue weighted by Gasteiger charge is 2.60. The SMILES string of the molecule is CO[C@H]1[C@@H](O)[C@@H]2O[C@H](c3ccccc3)O[C@@H]3[C@H]1O[C@@H](C)O[C@@H]32. The molecule has 3 fully saturated rings. The molecule has 3 aliphatic rings. The number of benzene rings is 1. The predicted octanol–water partition coefficient (Wildman–Crippen LogP) is 0.989. The lowest BCUT2D eigenvalue weighted by Gasteiger charge is -2.56. The number of methoxy groups -OCH3 is 1. The van der Waals surface area contributed by atoms with E-state index in [1.807, 2.05) is 37.3 Å². The molecule has 4 rings (SSSR count). The van der Waals surface area contributed by atoms with Gasteiger partial charge in [-0.05, 0) is 6.92 Å². The van der Waals surface area contributed by atoms with Crippen molar-refractivity contribution in [2.75, 3.05) is 7.11 Å². The largest absolute Gasteiger partial charge is 0.387 e. The Morgan fingerprint density at radius 3 is 2.27 bits per heavy atom. The van der Waals surface area contributed by atoms with Crippen LogP contribution in [0.25, 0.3) is 0 Å². The standard InChI is InChI=1S/C16H20O6/c1-8-19-13-11(18-2)10(17)12-14(20-8)15(13)22-16(21-12)9-6-4-3-5-7-9/h3-8,10-17H,1-2H3/t8-,10-,11+,12+,13+,14-,15-,16+/m1/s1. The minimum atomic E-state index is -0.820. The van der Waals surface area contributed by atoms with Crippen molar-refractivity contribution in [1.82, 2.24) is 0 Å². The Morgan fingerprint density at radius 1 is 0.909 bits per heavy atom. The normalized spacial score (nSPS) is 47.2. The number of aliphatic hydroxyl groups excluding tert-OH is 1. The van der Waals surface area contributed by atoms with Gasteiger partial charge in [0.2, 0.25) is 0 Å². The van der Waals surface area contributed by atoms with Crippen molar-refractivity contribution < 1.29 is 28.8 Å². The summed E-state index contributed by atoms with van der Waals surface area (Å²) in [6, 6.07) is 9.66. The fraction of sp³-hybridized carbons (Fsp3) is 0.625. The molecule has 1 N–H and O–H groups in total. The maximum Gasteiger partial charge on any atom is 0.184 e. The summed E-state index contributed by atoms with van der Waals surface area (Å²) in [5.41, 5.74) is 0.909. The van der Waals surface area contributed by atoms with Crippen LogP contribution in [0, 0.1) is 0 Å². The lowest BCUT2D eigenvalue weighted by molar-refractivity contribution is -0.422. The van der Waals surface area contributed by atoms with Crippen molar-refractivity contribution in [3.8, 4) is 0 Å². The molecule has 1 aromatic carbocycles. The van der Waals surface area contributed by atoms with E-state index in [9.17, 15) is 5.11 Å². The molecule has 6 nitrogen and oxygen atoms in total. The molecule has 0 aromatic heterocycles. The first kappa shape index (κ1) is 14.6. The molecule has 2 heterocycles. The predicted molar refractivity (Wildman–Crippen MR) is 74.9 cm³/mol. The summed E-state index contributed by atoms with van der Waals surface area (Å²) >= 11 is 0. The summed E-state index contributed by atoms with van der Waals surface area (Å²) in [6.45, 7) is 1.83. The Kier molecular flexibility index (Phi) is 3.68. The molecule has 4 bridgehead atoms. The molecule has 120 valence electrons. The van der Waals surface area contributed by atoms with E-state index in [1.165, 1.54) is 0 Å². The molecule has 8 atom stereocenters. The summed E-state index contributed by atoms with van der Waals surface area (Å²) in [6.07, 6.45) is -3.78. The van der Waals surface area contributed by atoms with Crippen LogP contribution in [-0.4, -0.2) is 55.1 Å². The number of rotatable bonds is 2. The summed E-state index contributed by atoms with van der Waals surface area (Å²) in [5.74, 6) is 0. The van der Waals surface area contributed by atoms with Crippen molar-refractivity contribution in [2.45, 2.75) is 56.1 Å². The van der Waals surface area contributed by atoms with Gasteiger partial charge in [0, 0.05) is 12.7 Å². The van der Waals surface area contributed by atoms with Crippen LogP contribution in [0.5, 0.6) is 0 Å². The molecular weight excluding hydrogens is 288 g/mol. The highest BCUT2D eigenvalue weighted by atomic mass is 16.8. The van der Waals surface area contributed by atoms with Crippen LogP contribution in [-0.2, 0) is 23.7 Å². The molecule has 1 aliphatic carbocycles. The van der Waals surface area contributed by atoms with Crippen LogP contribution in [0.1, 0.15) is 18.8 Å². The van der Waals surface area contributed by atoms with Crippen LogP contribution < -0.4 is 0 Å². The van der Waals surface area contributed by atoms with Crippen molar-refractivity contribution in [3.05, 3.63) is 35.9 Å². The first-order valence-electron chi connectivity index (χ1n) is 7.56. The van der Waals surface area contributed by atoms with Crippen molar-refractivity contribution >= 4 is 0 Å². The van der Waals surface area contributed by atoms with Gasteiger partial charge in [-0.25, -0.2) is 0 Å². The molecular formula is C16H20O6. The van der Waals surface area contributed by atoms with Gasteiger partial charge in [-0.1, -0.05) is 30.3 Å². The Hall–Kier alpha value is -1.02. The lowest BCUT2D eigenvalue weighted by Crippen LogP contribution is -2.72. The van der Waals surface area contributed by atoms with Crippen molar-refractivity contribution in [3.63, 3.8) is 0 Å². The van der Waals surface area contributed by atoms with E-state index in [2.05, 4.69) is 0 Å². The second-order valence-corrected chi connectivity index (χ2v) is 5.90. The molecule has 0 spiro atoms. The van der Waals surface area contributed by atoms with Crippen molar-refractivity contribution in [1.29, 1.82) is 0 Å². The first-order chi connectivity index (χ1) is 10.7. The van der Waals surface area contributed by atoms with Gasteiger partial charge in [0.25, 0.3) is 0 Å². The highest BCUT2D eigenvalue weighted by molar-refractivity contribution is 5.18. The molecule has 0 radical (unpaired) electrons. The number of ether oxygens (including phenoxy) is 5. The van der Waals surface area contributed by atoms with Gasteiger partial charge in [0.15, 0.2) is 12.6 Å². The second-order valence-electron chi connectivity index (χ2n) is 5.90. The average molecular weight is 308 g/mol. The second kappa shape index (κ2) is 5.56. The third-order valence-electron chi connectivity index (χ3n) is 4.57. The Bertz CT molecular complexity index is 515. The fourth-order valence-corrected chi connectivity index (χ4v) is 3.59. The van der Waals surface area contributed by atoms with Crippen LogP contribution in [0.2, 0.25) is 0 Å². The lowest BCUT2D eigenvalue weighted by atomic mass is 9.82. The Labute approximate surface area is 128 Å². The third kappa shape index (κ3) is 2.19. The first-order valence-corrected chi connectivity index (χ1v) is 7.56. The Balaban J connectivity index is 1.66. The smallest absolute Gasteiger partial charge is 0.184 e. The van der Waals surface area contributed by atoms with Crippen LogP contribution in [0.15, 0.2) is 30.3 Å². The van der Waals surface area contributed by atoms with Gasteiger partial charge >= 0.3 is 0 Å². The van der Waals surface area contributed by atoms with Gasteiger partial charge in [0.05, 0.1) is 0 Å². The van der Waals surface area contributed by atoms with Gasteiger partial charge < -0.3 is 28.8 Å². The van der Waals surface area contributed by atoms with E-state index in [0.29, 0.717) is 0 Å². The zero-order valence-electron chi connectivity index (χ0n) is 12.5. The average Bonchev–Trinajstić information content (AvgIpc) is 2.53. The number of aliphatic hydroxyl groups is 1. The van der Waals surface area contributed by atoms with Gasteiger partial charge in [-0.15, -0.1) is 0 Å². The van der Waals surface area contributed by atoms with Crippen LogP contribution in [0.3, 0.4) is 0 Å². The molecule has 1 aromatic rings. The number of hydrogen-bond donors (Lipinski definition) is 1. The molecule has 22 heavy (non-hydrogen) atoms. The maximum absolute atomic E-state index is 10.6. The van der Waals surface area contributed by atoms with Crippen molar-refractivity contribution in [2.24, 2.45) is 0 Å². The molecule has 2 aliphatic heterocycles. The highest BCUT2D eigenvalue weighted by Crippen LogP contribution is 2.43. The summed E-state index contributed by atoms with van der Waals surface area (Å²) in [7, 11) is 1.56. The maximum atomic E-state index is 10.6. The summed E-state index contributed by atoms with van der Waals surface area (Å²) in [4.78, 5) is 0. The molecule has 1 saturated carbocycles. The molecule has 0 amide bonds. The number of hydrogen-bond acceptors (Lipinski definition) is 6. The third-order valence-corrected chi connectivity index (χ3v) is 4.57. The van der Waals surface area contributed by atoms with Gasteiger partial charge in [-0.3, -0.25) is 0 Å². The topological polar surface area (TPSA) is 66.4 Å². The fourth-order valence-electron chi connectivity index (χ4n) is 3.59. The monoisotopic (exact) mass is 308 g/mol. The summed E-state index contributed by atoms with van der Waals surface area (Å²) in [5, 5.41) is 10.6. The minimum absolute atomic E-state index is 0.325. The van der Waals surface area contributed by atoms with Gasteiger partial charge in [0.1, 0.15) is 36.6 Å². The van der Waals surface area contributed by atoms with Crippen LogP contribution >= 0.6 is 0 Å². The zero-order valence-corrected chi connectivity index (χ0v) is 12.5. The molecule has 0 unspecified atom stereocenters. The Morgan fingerprint density at radius 2 is 1.55 bits per heavy atom. The van der Waals surface area contributed by atoms with E-state index in [-0.39, 0.29) is 24.6 Å². The molecule has 2 saturated heterocycles. The van der Waals surface area contributed by atoms with Gasteiger partial charge in [-0.2, -0.15) is 0 Å². The quantitative estimate of drug-likeness (QED) is 0.879. The van der Waals surface area contributed by atoms with E-state index < -0.39 is 24.6 Å². The van der Waals surface area contributed by atoms with Crippen LogP contribution in [0.4, 0.5) is 0 Å². The van der Waals surface area contributed by atoms with E-state index in [1.54, 1.807) is 7.11 Å².